The van der Waals surface area contributed by atoms with Gasteiger partial charge in [-0.3, -0.25) is 4.79 Å². The summed E-state index contributed by atoms with van der Waals surface area (Å²) in [6, 6.07) is 11.4. The standard InChI is InChI=1S/C20H19F2N5O/c21-18(22)11-23-16-7-15(8-16)20(28)26-19-9-14-6-12(3-4-13(14)10-24-19)17-2-1-5-25-27-17/h1-6,9-10,15-16,18,23H,7-8,11H2,(H,24,26,28). The zero-order valence-corrected chi connectivity index (χ0v) is 15.0. The van der Waals surface area contributed by atoms with Crippen LogP contribution in [0.5, 0.6) is 0 Å². The molecule has 4 rings (SSSR count). The maximum absolute atomic E-state index is 12.4. The maximum Gasteiger partial charge on any atom is 0.250 e. The first kappa shape index (κ1) is 18.4. The summed E-state index contributed by atoms with van der Waals surface area (Å²) < 4.78 is 24.4. The Balaban J connectivity index is 1.42. The highest BCUT2D eigenvalue weighted by atomic mass is 19.3. The Morgan fingerprint density at radius 2 is 2.04 bits per heavy atom. The van der Waals surface area contributed by atoms with E-state index in [0.717, 1.165) is 22.0 Å². The molecule has 1 amide bonds. The van der Waals surface area contributed by atoms with Crippen LogP contribution in [0, 0.1) is 5.92 Å². The van der Waals surface area contributed by atoms with Crippen LogP contribution >= 0.6 is 0 Å². The number of fused-ring (bicyclic) bond motifs is 1. The van der Waals surface area contributed by atoms with Gasteiger partial charge >= 0.3 is 0 Å². The minimum atomic E-state index is -2.37. The Morgan fingerprint density at radius 3 is 2.79 bits per heavy atom. The summed E-state index contributed by atoms with van der Waals surface area (Å²) in [7, 11) is 0. The Kier molecular flexibility index (Phi) is 5.21. The van der Waals surface area contributed by atoms with Crippen LogP contribution in [-0.4, -0.2) is 40.1 Å². The van der Waals surface area contributed by atoms with Crippen molar-refractivity contribution >= 4 is 22.5 Å². The van der Waals surface area contributed by atoms with E-state index in [1.54, 1.807) is 12.4 Å². The van der Waals surface area contributed by atoms with Gasteiger partial charge in [-0.25, -0.2) is 13.8 Å². The number of pyridine rings is 1. The van der Waals surface area contributed by atoms with E-state index in [1.807, 2.05) is 36.4 Å². The van der Waals surface area contributed by atoms with Gasteiger partial charge < -0.3 is 10.6 Å². The molecule has 1 aliphatic rings. The number of nitrogens with zero attached hydrogens (tertiary/aromatic N) is 3. The molecule has 1 fully saturated rings. The zero-order chi connectivity index (χ0) is 19.5. The number of carbonyl (C=O) groups excluding carboxylic acids is 1. The summed E-state index contributed by atoms with van der Waals surface area (Å²) in [5, 5.41) is 15.5. The fourth-order valence-corrected chi connectivity index (χ4v) is 3.31. The van der Waals surface area contributed by atoms with E-state index >= 15 is 0 Å². The zero-order valence-electron chi connectivity index (χ0n) is 15.0. The van der Waals surface area contributed by atoms with E-state index in [1.165, 1.54) is 0 Å². The fraction of sp³-hybridized carbons (Fsp3) is 0.300. The molecule has 2 N–H and O–H groups in total. The predicted molar refractivity (Wildman–Crippen MR) is 102 cm³/mol. The van der Waals surface area contributed by atoms with Gasteiger partial charge in [0.2, 0.25) is 5.91 Å². The van der Waals surface area contributed by atoms with Crippen molar-refractivity contribution in [1.29, 1.82) is 0 Å². The predicted octanol–water partition coefficient (Wildman–Crippen LogP) is 3.26. The highest BCUT2D eigenvalue weighted by Crippen LogP contribution is 2.29. The first-order chi connectivity index (χ1) is 13.6. The molecule has 0 bridgehead atoms. The van der Waals surface area contributed by atoms with Crippen LogP contribution < -0.4 is 10.6 Å². The number of rotatable bonds is 6. The average molecular weight is 383 g/mol. The Hall–Kier alpha value is -3.00. The van der Waals surface area contributed by atoms with Crippen LogP contribution in [0.4, 0.5) is 14.6 Å². The summed E-state index contributed by atoms with van der Waals surface area (Å²) in [6.07, 6.45) is 2.07. The molecule has 0 radical (unpaired) electrons. The van der Waals surface area contributed by atoms with Crippen molar-refractivity contribution in [2.45, 2.75) is 25.3 Å². The van der Waals surface area contributed by atoms with Gasteiger partial charge in [0, 0.05) is 35.3 Å². The molecular formula is C20H19F2N5O. The van der Waals surface area contributed by atoms with Crippen molar-refractivity contribution in [3.8, 4) is 11.3 Å². The number of alkyl halides is 2. The second-order valence-electron chi connectivity index (χ2n) is 6.89. The summed E-state index contributed by atoms with van der Waals surface area (Å²) in [6.45, 7) is -0.334. The van der Waals surface area contributed by atoms with Crippen molar-refractivity contribution in [3.63, 3.8) is 0 Å². The lowest BCUT2D eigenvalue weighted by Crippen LogP contribution is -2.47. The molecule has 2 heterocycles. The minimum absolute atomic E-state index is 0.0242. The second kappa shape index (κ2) is 7.93. The number of hydrogen-bond acceptors (Lipinski definition) is 5. The van der Waals surface area contributed by atoms with E-state index in [2.05, 4.69) is 25.8 Å². The molecule has 3 aromatic rings. The molecular weight excluding hydrogens is 364 g/mol. The smallest absolute Gasteiger partial charge is 0.250 e. The van der Waals surface area contributed by atoms with Crippen LogP contribution in [0.2, 0.25) is 0 Å². The highest BCUT2D eigenvalue weighted by molar-refractivity contribution is 5.95. The van der Waals surface area contributed by atoms with Crippen molar-refractivity contribution in [3.05, 3.63) is 48.8 Å². The molecule has 144 valence electrons. The third-order valence-electron chi connectivity index (χ3n) is 4.91. The van der Waals surface area contributed by atoms with E-state index in [-0.39, 0.29) is 24.4 Å². The Morgan fingerprint density at radius 1 is 1.18 bits per heavy atom. The van der Waals surface area contributed by atoms with Gasteiger partial charge in [-0.05, 0) is 42.5 Å². The molecule has 1 saturated carbocycles. The fourth-order valence-electron chi connectivity index (χ4n) is 3.31. The van der Waals surface area contributed by atoms with Crippen molar-refractivity contribution < 1.29 is 13.6 Å². The number of halogens is 2. The Labute approximate surface area is 160 Å². The molecule has 0 atom stereocenters. The number of anilines is 1. The molecule has 6 nitrogen and oxygen atoms in total. The van der Waals surface area contributed by atoms with E-state index in [9.17, 15) is 13.6 Å². The van der Waals surface area contributed by atoms with Gasteiger partial charge in [0.25, 0.3) is 6.43 Å². The molecule has 28 heavy (non-hydrogen) atoms. The first-order valence-electron chi connectivity index (χ1n) is 9.09. The molecule has 0 unspecified atom stereocenters. The van der Waals surface area contributed by atoms with E-state index < -0.39 is 6.43 Å². The lowest BCUT2D eigenvalue weighted by molar-refractivity contribution is -0.123. The van der Waals surface area contributed by atoms with Crippen molar-refractivity contribution in [2.75, 3.05) is 11.9 Å². The lowest BCUT2D eigenvalue weighted by atomic mass is 9.79. The molecule has 0 saturated heterocycles. The third-order valence-corrected chi connectivity index (χ3v) is 4.91. The van der Waals surface area contributed by atoms with Crippen LogP contribution in [0.15, 0.2) is 48.8 Å². The number of benzene rings is 1. The highest BCUT2D eigenvalue weighted by Gasteiger charge is 2.34. The van der Waals surface area contributed by atoms with Crippen LogP contribution in [0.25, 0.3) is 22.0 Å². The second-order valence-corrected chi connectivity index (χ2v) is 6.89. The van der Waals surface area contributed by atoms with E-state index in [4.69, 9.17) is 0 Å². The van der Waals surface area contributed by atoms with Crippen LogP contribution in [0.1, 0.15) is 12.8 Å². The quantitative estimate of drug-likeness (QED) is 0.683. The van der Waals surface area contributed by atoms with E-state index in [0.29, 0.717) is 18.7 Å². The Bertz CT molecular complexity index is 977. The number of aromatic nitrogens is 3. The average Bonchev–Trinajstić information content (AvgIpc) is 2.66. The summed E-state index contributed by atoms with van der Waals surface area (Å²) in [5.74, 6) is 0.156. The van der Waals surface area contributed by atoms with Crippen LogP contribution in [0.3, 0.4) is 0 Å². The molecule has 8 heteroatoms. The molecule has 1 aliphatic carbocycles. The normalized spacial score (nSPS) is 18.8. The summed E-state index contributed by atoms with van der Waals surface area (Å²) in [4.78, 5) is 16.7. The monoisotopic (exact) mass is 383 g/mol. The summed E-state index contributed by atoms with van der Waals surface area (Å²) >= 11 is 0. The lowest BCUT2D eigenvalue weighted by Gasteiger charge is -2.34. The minimum Gasteiger partial charge on any atom is -0.310 e. The number of hydrogen-bond donors (Lipinski definition) is 2. The number of nitrogens with one attached hydrogen (secondary N) is 2. The van der Waals surface area contributed by atoms with Gasteiger partial charge in [0.1, 0.15) is 5.82 Å². The van der Waals surface area contributed by atoms with Crippen LogP contribution in [-0.2, 0) is 4.79 Å². The molecule has 0 spiro atoms. The topological polar surface area (TPSA) is 79.8 Å². The number of amides is 1. The summed E-state index contributed by atoms with van der Waals surface area (Å²) in [5.41, 5.74) is 1.69. The van der Waals surface area contributed by atoms with Crippen molar-refractivity contribution in [1.82, 2.24) is 20.5 Å². The maximum atomic E-state index is 12.4. The molecule has 2 aromatic heterocycles. The van der Waals surface area contributed by atoms with Gasteiger partial charge in [0.05, 0.1) is 12.2 Å². The SMILES string of the molecule is O=C(Nc1cc2cc(-c3cccnn3)ccc2cn1)C1CC(NCC(F)F)C1. The number of carbonyl (C=O) groups is 1. The largest absolute Gasteiger partial charge is 0.310 e. The third kappa shape index (κ3) is 4.12. The van der Waals surface area contributed by atoms with Gasteiger partial charge in [0.15, 0.2) is 0 Å². The molecule has 0 aliphatic heterocycles. The first-order valence-corrected chi connectivity index (χ1v) is 9.09. The van der Waals surface area contributed by atoms with Gasteiger partial charge in [-0.2, -0.15) is 10.2 Å². The van der Waals surface area contributed by atoms with Crippen molar-refractivity contribution in [2.24, 2.45) is 5.92 Å². The van der Waals surface area contributed by atoms with Gasteiger partial charge in [-0.1, -0.05) is 12.1 Å². The molecule has 1 aromatic carbocycles. The van der Waals surface area contributed by atoms with Gasteiger partial charge in [-0.15, -0.1) is 0 Å².